The summed E-state index contributed by atoms with van der Waals surface area (Å²) >= 11 is 17.3. The predicted octanol–water partition coefficient (Wildman–Crippen LogP) is 4.87. The first-order valence-corrected chi connectivity index (χ1v) is 9.73. The first kappa shape index (κ1) is 20.1. The summed E-state index contributed by atoms with van der Waals surface area (Å²) < 4.78 is 1.26. The van der Waals surface area contributed by atoms with Crippen LogP contribution < -0.4 is 10.5 Å². The van der Waals surface area contributed by atoms with E-state index in [-0.39, 0.29) is 21.2 Å². The Morgan fingerprint density at radius 1 is 1.00 bits per heavy atom. The van der Waals surface area contributed by atoms with Crippen molar-refractivity contribution in [3.8, 4) is 11.6 Å². The Kier molecular flexibility index (Phi) is 5.29. The fourth-order valence-corrected chi connectivity index (χ4v) is 3.59. The molecule has 0 unspecified atom stereocenters. The van der Waals surface area contributed by atoms with Gasteiger partial charge in [0.1, 0.15) is 5.56 Å². The Hall–Kier alpha value is -3.20. The second-order valence-corrected chi connectivity index (χ2v) is 7.38. The lowest BCUT2D eigenvalue weighted by Crippen LogP contribution is -2.24. The minimum Gasteiger partial charge on any atom is -0.494 e. The molecule has 0 bridgehead atoms. The number of hydrogen-bond acceptors (Lipinski definition) is 4. The van der Waals surface area contributed by atoms with Gasteiger partial charge in [-0.15, -0.1) is 0 Å². The molecule has 1 aromatic heterocycles. The van der Waals surface area contributed by atoms with Crippen LogP contribution in [0.2, 0.25) is 5.02 Å². The van der Waals surface area contributed by atoms with E-state index < -0.39 is 17.5 Å². The molecule has 30 heavy (non-hydrogen) atoms. The molecular weight excluding hydrogens is 447 g/mol. The van der Waals surface area contributed by atoms with Crippen molar-refractivity contribution in [1.82, 2.24) is 9.55 Å². The van der Waals surface area contributed by atoms with Crippen molar-refractivity contribution in [2.24, 2.45) is 4.99 Å². The maximum Gasteiger partial charge on any atom is 0.354 e. The molecule has 10 heteroatoms. The van der Waals surface area contributed by atoms with Gasteiger partial charge in [-0.05, 0) is 54.7 Å². The van der Waals surface area contributed by atoms with Crippen molar-refractivity contribution in [2.75, 3.05) is 4.90 Å². The maximum absolute atomic E-state index is 12.6. The molecule has 0 fully saturated rings. The van der Waals surface area contributed by atoms with Crippen molar-refractivity contribution in [1.29, 1.82) is 0 Å². The Morgan fingerprint density at radius 2 is 1.67 bits per heavy atom. The van der Waals surface area contributed by atoms with E-state index in [1.165, 1.54) is 15.5 Å². The van der Waals surface area contributed by atoms with Crippen LogP contribution in [0.3, 0.4) is 0 Å². The van der Waals surface area contributed by atoms with Gasteiger partial charge >= 0.3 is 6.03 Å². The zero-order chi connectivity index (χ0) is 21.4. The molecule has 2 heterocycles. The monoisotopic (exact) mass is 458 g/mol. The smallest absolute Gasteiger partial charge is 0.354 e. The van der Waals surface area contributed by atoms with E-state index in [1.807, 2.05) is 0 Å². The van der Waals surface area contributed by atoms with Gasteiger partial charge in [-0.3, -0.25) is 19.2 Å². The number of carbonyl (C=O) groups is 1. The summed E-state index contributed by atoms with van der Waals surface area (Å²) in [7, 11) is 0. The Labute approximate surface area is 185 Å². The number of nitrogens with zero attached hydrogens (tertiary/aromatic N) is 3. The number of aliphatic imine (C=N–C) groups is 1. The zero-order valence-corrected chi connectivity index (χ0v) is 17.4. The van der Waals surface area contributed by atoms with Crippen LogP contribution in [-0.2, 0) is 0 Å². The molecule has 2 N–H and O–H groups in total. The quantitative estimate of drug-likeness (QED) is 0.547. The van der Waals surface area contributed by atoms with Gasteiger partial charge in [0.05, 0.1) is 17.1 Å². The number of nitrogens with one attached hydrogen (secondary N) is 1. The summed E-state index contributed by atoms with van der Waals surface area (Å²) in [5, 5.41) is 11.2. The highest BCUT2D eigenvalue weighted by molar-refractivity contribution is 7.71. The highest BCUT2D eigenvalue weighted by Gasteiger charge is 2.30. The van der Waals surface area contributed by atoms with E-state index in [2.05, 4.69) is 9.98 Å². The molecule has 0 spiro atoms. The molecule has 4 rings (SSSR count). The highest BCUT2D eigenvalue weighted by atomic mass is 35.5. The van der Waals surface area contributed by atoms with E-state index in [0.717, 1.165) is 0 Å². The Balaban J connectivity index is 1.91. The summed E-state index contributed by atoms with van der Waals surface area (Å²) in [5.74, 6) is -0.421. The Bertz CT molecular complexity index is 1330. The average molecular weight is 459 g/mol. The SMILES string of the molecule is O=C1N=C(Cl)C(=Cc2c(O)n(-c3ccc(Cl)cc3)c(=S)[nH]c2=O)N1c1ccccc1. The number of aromatic hydroxyl groups is 1. The largest absolute Gasteiger partial charge is 0.494 e. The van der Waals surface area contributed by atoms with Crippen LogP contribution >= 0.6 is 35.4 Å². The normalized spacial score (nSPS) is 15.0. The summed E-state index contributed by atoms with van der Waals surface area (Å²) in [6.45, 7) is 0. The molecule has 2 amide bonds. The number of aromatic nitrogens is 2. The summed E-state index contributed by atoms with van der Waals surface area (Å²) in [4.78, 5) is 32.4. The number of hydrogen-bond donors (Lipinski definition) is 2. The molecule has 1 aliphatic rings. The van der Waals surface area contributed by atoms with Crippen LogP contribution in [0.1, 0.15) is 5.56 Å². The Morgan fingerprint density at radius 3 is 2.33 bits per heavy atom. The molecule has 2 aromatic carbocycles. The minimum absolute atomic E-state index is 0.0100. The molecule has 7 nitrogen and oxygen atoms in total. The zero-order valence-electron chi connectivity index (χ0n) is 15.0. The fourth-order valence-electron chi connectivity index (χ4n) is 2.97. The number of benzene rings is 2. The number of urea groups is 1. The van der Waals surface area contributed by atoms with Crippen LogP contribution in [-0.4, -0.2) is 25.9 Å². The van der Waals surface area contributed by atoms with Crippen molar-refractivity contribution >= 4 is 58.4 Å². The second kappa shape index (κ2) is 7.91. The molecule has 150 valence electrons. The number of halogens is 2. The molecule has 1 aliphatic heterocycles. The van der Waals surface area contributed by atoms with E-state index in [4.69, 9.17) is 35.4 Å². The number of aromatic amines is 1. The standard InChI is InChI=1S/C20H12Cl2N4O3S/c21-11-6-8-13(9-7-11)26-18(28)14(17(27)24-20(26)30)10-15-16(22)23-19(29)25(15)12-4-2-1-3-5-12/h1-10,28H,(H,24,27,30). The van der Waals surface area contributed by atoms with Gasteiger partial charge in [0.25, 0.3) is 5.56 Å². The maximum atomic E-state index is 12.6. The van der Waals surface area contributed by atoms with Crippen LogP contribution in [0.5, 0.6) is 5.88 Å². The molecule has 0 aliphatic carbocycles. The highest BCUT2D eigenvalue weighted by Crippen LogP contribution is 2.30. The third-order valence-electron chi connectivity index (χ3n) is 4.34. The van der Waals surface area contributed by atoms with Crippen LogP contribution in [0.15, 0.2) is 70.1 Å². The van der Waals surface area contributed by atoms with Crippen LogP contribution in [0, 0.1) is 4.77 Å². The molecule has 0 radical (unpaired) electrons. The van der Waals surface area contributed by atoms with Gasteiger partial charge < -0.3 is 5.11 Å². The van der Waals surface area contributed by atoms with E-state index in [9.17, 15) is 14.7 Å². The number of carbonyl (C=O) groups excluding carboxylic acids is 1. The van der Waals surface area contributed by atoms with Gasteiger partial charge in [-0.1, -0.05) is 41.4 Å². The number of anilines is 1. The molecule has 0 atom stereocenters. The first-order chi connectivity index (χ1) is 14.4. The average Bonchev–Trinajstić information content (AvgIpc) is 3.00. The summed E-state index contributed by atoms with van der Waals surface area (Å²) in [5.41, 5.74) is 0.354. The second-order valence-electron chi connectivity index (χ2n) is 6.19. The molecule has 0 saturated heterocycles. The predicted molar refractivity (Wildman–Crippen MR) is 119 cm³/mol. The van der Waals surface area contributed by atoms with Gasteiger partial charge in [-0.2, -0.15) is 4.99 Å². The van der Waals surface area contributed by atoms with Crippen molar-refractivity contribution < 1.29 is 9.90 Å². The lowest BCUT2D eigenvalue weighted by atomic mass is 10.2. The van der Waals surface area contributed by atoms with Gasteiger partial charge in [0.2, 0.25) is 5.88 Å². The number of para-hydroxylation sites is 1. The van der Waals surface area contributed by atoms with Crippen molar-refractivity contribution in [3.05, 3.63) is 86.0 Å². The van der Waals surface area contributed by atoms with E-state index in [1.54, 1.807) is 54.6 Å². The number of rotatable bonds is 3. The van der Waals surface area contributed by atoms with Crippen molar-refractivity contribution in [2.45, 2.75) is 0 Å². The van der Waals surface area contributed by atoms with Gasteiger partial charge in [-0.25, -0.2) is 4.79 Å². The first-order valence-electron chi connectivity index (χ1n) is 8.56. The summed E-state index contributed by atoms with van der Waals surface area (Å²) in [6.07, 6.45) is 1.29. The van der Waals surface area contributed by atoms with Gasteiger partial charge in [0, 0.05) is 5.02 Å². The van der Waals surface area contributed by atoms with E-state index in [0.29, 0.717) is 16.4 Å². The van der Waals surface area contributed by atoms with Crippen molar-refractivity contribution in [3.63, 3.8) is 0 Å². The van der Waals surface area contributed by atoms with Crippen LogP contribution in [0.4, 0.5) is 10.5 Å². The topological polar surface area (TPSA) is 90.7 Å². The van der Waals surface area contributed by atoms with E-state index >= 15 is 0 Å². The van der Waals surface area contributed by atoms with Gasteiger partial charge in [0.15, 0.2) is 9.94 Å². The third kappa shape index (κ3) is 3.56. The number of amides is 2. The summed E-state index contributed by atoms with van der Waals surface area (Å²) in [6, 6.07) is 14.6. The molecule has 3 aromatic rings. The lowest BCUT2D eigenvalue weighted by molar-refractivity contribution is 0.257. The number of allylic oxidation sites excluding steroid dienone is 1. The molecule has 0 saturated carbocycles. The minimum atomic E-state index is -0.646. The fraction of sp³-hybridized carbons (Fsp3) is 0. The lowest BCUT2D eigenvalue weighted by Gasteiger charge is -2.17. The number of H-pyrrole nitrogens is 1. The molecular formula is C20H12Cl2N4O3S. The third-order valence-corrected chi connectivity index (χ3v) is 5.15. The van der Waals surface area contributed by atoms with Crippen LogP contribution in [0.25, 0.3) is 11.8 Å².